The number of fused-ring (bicyclic) bond motifs is 3. The van der Waals surface area contributed by atoms with Crippen molar-refractivity contribution in [1.29, 1.82) is 0 Å². The van der Waals surface area contributed by atoms with E-state index >= 15 is 0 Å². The first-order valence-corrected chi connectivity index (χ1v) is 6.20. The number of hydrogen-bond acceptors (Lipinski definition) is 2. The van der Waals surface area contributed by atoms with Crippen molar-refractivity contribution in [2.75, 3.05) is 6.54 Å². The summed E-state index contributed by atoms with van der Waals surface area (Å²) in [4.78, 5) is 14.7. The molecule has 0 amide bonds. The van der Waals surface area contributed by atoms with Gasteiger partial charge in [-0.3, -0.25) is 4.79 Å². The molecule has 1 aliphatic heterocycles. The summed E-state index contributed by atoms with van der Waals surface area (Å²) in [7, 11) is 0. The van der Waals surface area contributed by atoms with E-state index in [2.05, 4.69) is 10.3 Å². The van der Waals surface area contributed by atoms with E-state index in [1.807, 2.05) is 38.1 Å². The molecule has 0 unspecified atom stereocenters. The van der Waals surface area contributed by atoms with Crippen LogP contribution in [-0.2, 0) is 13.0 Å². The third-order valence-corrected chi connectivity index (χ3v) is 2.98. The lowest BCUT2D eigenvalue weighted by atomic mass is 10.0. The molecule has 3 nitrogen and oxygen atoms in total. The molecule has 0 atom stereocenters. The number of pyridine rings is 1. The van der Waals surface area contributed by atoms with Gasteiger partial charge in [-0.25, -0.2) is 0 Å². The third-order valence-electron chi connectivity index (χ3n) is 2.98. The van der Waals surface area contributed by atoms with Crippen molar-refractivity contribution in [2.45, 2.75) is 26.8 Å². The van der Waals surface area contributed by atoms with Crippen LogP contribution in [0.25, 0.3) is 10.8 Å². The molecule has 3 rings (SSSR count). The average Bonchev–Trinajstić information content (AvgIpc) is 2.42. The van der Waals surface area contributed by atoms with Crippen LogP contribution >= 0.6 is 0 Å². The highest BCUT2D eigenvalue weighted by Gasteiger charge is 2.13. The predicted octanol–water partition coefficient (Wildman–Crippen LogP) is 2.20. The Balaban J connectivity index is 0.000000514. The first kappa shape index (κ1) is 11.9. The highest BCUT2D eigenvalue weighted by atomic mass is 16.1. The van der Waals surface area contributed by atoms with E-state index in [1.165, 1.54) is 5.56 Å². The molecule has 1 aromatic carbocycles. The van der Waals surface area contributed by atoms with Crippen LogP contribution in [0.2, 0.25) is 0 Å². The molecule has 1 aliphatic rings. The summed E-state index contributed by atoms with van der Waals surface area (Å²) in [6.07, 6.45) is 0.912. The molecule has 0 spiro atoms. The Hall–Kier alpha value is -1.61. The Labute approximate surface area is 101 Å². The minimum absolute atomic E-state index is 0.0336. The fourth-order valence-corrected chi connectivity index (χ4v) is 2.23. The van der Waals surface area contributed by atoms with E-state index in [-0.39, 0.29) is 5.56 Å². The first-order chi connectivity index (χ1) is 8.36. The Morgan fingerprint density at radius 2 is 1.82 bits per heavy atom. The summed E-state index contributed by atoms with van der Waals surface area (Å²) in [5.74, 6) is 0. The van der Waals surface area contributed by atoms with Crippen LogP contribution in [0.3, 0.4) is 0 Å². The molecule has 0 bridgehead atoms. The van der Waals surface area contributed by atoms with Crippen LogP contribution < -0.4 is 10.9 Å². The topological polar surface area (TPSA) is 44.9 Å². The summed E-state index contributed by atoms with van der Waals surface area (Å²) in [5.41, 5.74) is 2.38. The molecule has 0 saturated carbocycles. The molecule has 2 N–H and O–H groups in total. The third kappa shape index (κ3) is 2.11. The minimum atomic E-state index is 0.0336. The van der Waals surface area contributed by atoms with Crippen molar-refractivity contribution in [1.82, 2.24) is 10.3 Å². The zero-order chi connectivity index (χ0) is 12.3. The quantitative estimate of drug-likeness (QED) is 0.728. The molecule has 17 heavy (non-hydrogen) atoms. The van der Waals surface area contributed by atoms with E-state index in [0.29, 0.717) is 0 Å². The van der Waals surface area contributed by atoms with Crippen molar-refractivity contribution in [2.24, 2.45) is 0 Å². The Morgan fingerprint density at radius 1 is 1.12 bits per heavy atom. The van der Waals surface area contributed by atoms with Crippen LogP contribution in [0.1, 0.15) is 25.1 Å². The van der Waals surface area contributed by atoms with Gasteiger partial charge in [0, 0.05) is 30.6 Å². The first-order valence-electron chi connectivity index (χ1n) is 6.20. The number of benzene rings is 1. The Kier molecular flexibility index (Phi) is 3.59. The van der Waals surface area contributed by atoms with Crippen molar-refractivity contribution in [3.63, 3.8) is 0 Å². The number of nitrogens with one attached hydrogen (secondary N) is 2. The fraction of sp³-hybridized carbons (Fsp3) is 0.357. The average molecular weight is 230 g/mol. The molecule has 0 saturated heterocycles. The van der Waals surface area contributed by atoms with Crippen LogP contribution in [0.15, 0.2) is 29.1 Å². The lowest BCUT2D eigenvalue weighted by Crippen LogP contribution is -2.27. The smallest absolute Gasteiger partial charge is 0.256 e. The lowest BCUT2D eigenvalue weighted by molar-refractivity contribution is 0.633. The van der Waals surface area contributed by atoms with Crippen molar-refractivity contribution in [3.8, 4) is 0 Å². The summed E-state index contributed by atoms with van der Waals surface area (Å²) in [5, 5.41) is 5.21. The molecule has 1 aromatic heterocycles. The maximum absolute atomic E-state index is 11.8. The van der Waals surface area contributed by atoms with Gasteiger partial charge in [0.05, 0.1) is 0 Å². The SMILES string of the molecule is CC.O=c1[nH]c2c(c3ccccc13)CNCC2. The molecule has 2 aromatic rings. The number of H-pyrrole nitrogens is 1. The minimum Gasteiger partial charge on any atom is -0.325 e. The Bertz CT molecular complexity index is 572. The number of rotatable bonds is 0. The highest BCUT2D eigenvalue weighted by molar-refractivity contribution is 5.85. The molecule has 90 valence electrons. The van der Waals surface area contributed by atoms with E-state index in [1.54, 1.807) is 0 Å². The maximum atomic E-state index is 11.8. The zero-order valence-corrected chi connectivity index (χ0v) is 10.3. The van der Waals surface area contributed by atoms with E-state index < -0.39 is 0 Å². The molecule has 0 fully saturated rings. The summed E-state index contributed by atoms with van der Waals surface area (Å²) in [6.45, 7) is 5.80. The van der Waals surface area contributed by atoms with Gasteiger partial charge in [-0.1, -0.05) is 32.0 Å². The zero-order valence-electron chi connectivity index (χ0n) is 10.3. The van der Waals surface area contributed by atoms with Crippen molar-refractivity contribution >= 4 is 10.8 Å². The molecular weight excluding hydrogens is 212 g/mol. The van der Waals surface area contributed by atoms with Gasteiger partial charge in [-0.05, 0) is 17.0 Å². The summed E-state index contributed by atoms with van der Waals surface area (Å²) < 4.78 is 0. The monoisotopic (exact) mass is 230 g/mol. The number of hydrogen-bond donors (Lipinski definition) is 2. The molecular formula is C14H18N2O. The van der Waals surface area contributed by atoms with Gasteiger partial charge in [-0.2, -0.15) is 0 Å². The lowest BCUT2D eigenvalue weighted by Gasteiger charge is -2.18. The second-order valence-corrected chi connectivity index (χ2v) is 3.88. The van der Waals surface area contributed by atoms with Crippen LogP contribution in [0.4, 0.5) is 0 Å². The van der Waals surface area contributed by atoms with Crippen molar-refractivity contribution < 1.29 is 0 Å². The molecule has 3 heteroatoms. The van der Waals surface area contributed by atoms with E-state index in [4.69, 9.17) is 0 Å². The fourth-order valence-electron chi connectivity index (χ4n) is 2.23. The van der Waals surface area contributed by atoms with E-state index in [0.717, 1.165) is 36.0 Å². The van der Waals surface area contributed by atoms with Gasteiger partial charge in [-0.15, -0.1) is 0 Å². The maximum Gasteiger partial charge on any atom is 0.256 e. The van der Waals surface area contributed by atoms with Crippen molar-refractivity contribution in [3.05, 3.63) is 45.9 Å². The largest absolute Gasteiger partial charge is 0.325 e. The van der Waals surface area contributed by atoms with Gasteiger partial charge < -0.3 is 10.3 Å². The summed E-state index contributed by atoms with van der Waals surface area (Å²) >= 11 is 0. The van der Waals surface area contributed by atoms with Gasteiger partial charge in [0.15, 0.2) is 0 Å². The standard InChI is InChI=1S/C12H12N2O.C2H6/c15-12-9-4-2-1-3-8(9)10-7-13-6-5-11(10)14-12;1-2/h1-4,13H,5-7H2,(H,14,15);1-2H3. The predicted molar refractivity (Wildman–Crippen MR) is 71.3 cm³/mol. The normalized spacial score (nSPS) is 13.8. The van der Waals surface area contributed by atoms with Crippen LogP contribution in [0, 0.1) is 0 Å². The van der Waals surface area contributed by atoms with Crippen LogP contribution in [0.5, 0.6) is 0 Å². The van der Waals surface area contributed by atoms with Gasteiger partial charge in [0.1, 0.15) is 0 Å². The number of aromatic nitrogens is 1. The van der Waals surface area contributed by atoms with Gasteiger partial charge in [0.25, 0.3) is 5.56 Å². The second-order valence-electron chi connectivity index (χ2n) is 3.88. The summed E-state index contributed by atoms with van der Waals surface area (Å²) in [6, 6.07) is 7.79. The van der Waals surface area contributed by atoms with E-state index in [9.17, 15) is 4.79 Å². The van der Waals surface area contributed by atoms with Gasteiger partial charge in [0.2, 0.25) is 0 Å². The van der Waals surface area contributed by atoms with Crippen LogP contribution in [-0.4, -0.2) is 11.5 Å². The Morgan fingerprint density at radius 3 is 2.59 bits per heavy atom. The van der Waals surface area contributed by atoms with Gasteiger partial charge >= 0.3 is 0 Å². The highest BCUT2D eigenvalue weighted by Crippen LogP contribution is 2.19. The molecule has 2 heterocycles. The molecule has 0 radical (unpaired) electrons. The number of aromatic amines is 1. The second kappa shape index (κ2) is 5.15. The molecule has 0 aliphatic carbocycles.